The van der Waals surface area contributed by atoms with Crippen LogP contribution < -0.4 is 16.4 Å². The van der Waals surface area contributed by atoms with Gasteiger partial charge >= 0.3 is 6.09 Å². The number of nitrogens with one attached hydrogen (secondary N) is 2. The van der Waals surface area contributed by atoms with Crippen molar-refractivity contribution in [3.63, 3.8) is 0 Å². The molecule has 11 heteroatoms. The van der Waals surface area contributed by atoms with Crippen molar-refractivity contribution in [3.8, 4) is 5.75 Å². The average molecular weight is 575 g/mol. The standard InChI is InChI=1S/C29H39ClN4O6/c1-17-10-8-13-20(30)23(17)33-25(37)24(18-11-9-12-19(35)16-18)34(28(2,3)4)26(38)21(14-15-22(31)36)32-27(39)40-29(5,6)7/h8-13,16,21,24,35H,14-15H2,1-7H3,(H2,31,36)(H,32,39)(H,33,37). The van der Waals surface area contributed by atoms with Gasteiger partial charge in [-0.25, -0.2) is 4.79 Å². The van der Waals surface area contributed by atoms with Crippen molar-refractivity contribution in [2.24, 2.45) is 5.73 Å². The number of halogens is 1. The number of nitrogens with zero attached hydrogens (tertiary/aromatic N) is 1. The number of hydrogen-bond acceptors (Lipinski definition) is 6. The molecular weight excluding hydrogens is 536 g/mol. The van der Waals surface area contributed by atoms with Gasteiger partial charge in [0.25, 0.3) is 5.91 Å². The highest BCUT2D eigenvalue weighted by Crippen LogP contribution is 2.34. The first-order chi connectivity index (χ1) is 18.4. The van der Waals surface area contributed by atoms with Crippen molar-refractivity contribution in [1.82, 2.24) is 10.2 Å². The van der Waals surface area contributed by atoms with Crippen LogP contribution in [0, 0.1) is 6.92 Å². The Hall–Kier alpha value is -3.79. The minimum Gasteiger partial charge on any atom is -0.508 e. The predicted molar refractivity (Wildman–Crippen MR) is 154 cm³/mol. The number of anilines is 1. The fourth-order valence-electron chi connectivity index (χ4n) is 4.10. The zero-order valence-electron chi connectivity index (χ0n) is 24.0. The summed E-state index contributed by atoms with van der Waals surface area (Å²) in [4.78, 5) is 53.8. The van der Waals surface area contributed by atoms with Gasteiger partial charge in [-0.2, -0.15) is 0 Å². The number of alkyl carbamates (subject to hydrolysis) is 1. The zero-order chi connectivity index (χ0) is 30.4. The number of hydrogen-bond donors (Lipinski definition) is 4. The topological polar surface area (TPSA) is 151 Å². The predicted octanol–water partition coefficient (Wildman–Crippen LogP) is 4.82. The van der Waals surface area contributed by atoms with Crippen LogP contribution in [-0.4, -0.2) is 51.0 Å². The summed E-state index contributed by atoms with van der Waals surface area (Å²) in [6, 6.07) is 8.62. The molecule has 10 nitrogen and oxygen atoms in total. The van der Waals surface area contributed by atoms with E-state index in [1.165, 1.54) is 17.0 Å². The van der Waals surface area contributed by atoms with E-state index in [1.807, 2.05) is 0 Å². The molecule has 0 aliphatic heterocycles. The molecule has 0 saturated heterocycles. The molecule has 40 heavy (non-hydrogen) atoms. The molecule has 0 aliphatic rings. The van der Waals surface area contributed by atoms with Gasteiger partial charge in [0.2, 0.25) is 11.8 Å². The Balaban J connectivity index is 2.64. The molecule has 2 aromatic rings. The third-order valence-electron chi connectivity index (χ3n) is 5.79. The molecular formula is C29H39ClN4O6. The normalized spacial score (nSPS) is 13.1. The summed E-state index contributed by atoms with van der Waals surface area (Å²) >= 11 is 6.37. The molecule has 0 saturated carbocycles. The van der Waals surface area contributed by atoms with Gasteiger partial charge in [-0.15, -0.1) is 0 Å². The lowest BCUT2D eigenvalue weighted by Crippen LogP contribution is -2.58. The molecule has 218 valence electrons. The Kier molecular flexibility index (Phi) is 10.6. The molecule has 0 heterocycles. The first kappa shape index (κ1) is 32.4. The van der Waals surface area contributed by atoms with Crippen LogP contribution in [-0.2, 0) is 19.1 Å². The van der Waals surface area contributed by atoms with Gasteiger partial charge in [0, 0.05) is 12.0 Å². The summed E-state index contributed by atoms with van der Waals surface area (Å²) in [5, 5.41) is 15.9. The highest BCUT2D eigenvalue weighted by atomic mass is 35.5. The number of amides is 4. The molecule has 0 aromatic heterocycles. The second-order valence-electron chi connectivity index (χ2n) is 11.5. The molecule has 5 N–H and O–H groups in total. The maximum absolute atomic E-state index is 14.2. The number of carbonyl (C=O) groups is 4. The summed E-state index contributed by atoms with van der Waals surface area (Å²) in [6.45, 7) is 12.0. The average Bonchev–Trinajstić information content (AvgIpc) is 2.80. The van der Waals surface area contributed by atoms with E-state index in [-0.39, 0.29) is 18.6 Å². The Morgan fingerprint density at radius 1 is 1.05 bits per heavy atom. The third-order valence-corrected chi connectivity index (χ3v) is 6.11. The summed E-state index contributed by atoms with van der Waals surface area (Å²) in [5.74, 6) is -2.03. The monoisotopic (exact) mass is 574 g/mol. The summed E-state index contributed by atoms with van der Waals surface area (Å²) < 4.78 is 5.34. The Labute approximate surface area is 240 Å². The molecule has 0 spiro atoms. The molecule has 2 unspecified atom stereocenters. The number of benzene rings is 2. The molecule has 2 aromatic carbocycles. The minimum absolute atomic E-state index is 0.109. The number of phenolic OH excluding ortho intramolecular Hbond substituents is 1. The Morgan fingerprint density at radius 2 is 1.68 bits per heavy atom. The lowest BCUT2D eigenvalue weighted by atomic mass is 9.94. The van der Waals surface area contributed by atoms with Gasteiger partial charge in [-0.1, -0.05) is 35.9 Å². The number of para-hydroxylation sites is 1. The van der Waals surface area contributed by atoms with Gasteiger partial charge in [-0.05, 0) is 84.2 Å². The quantitative estimate of drug-likeness (QED) is 0.337. The third kappa shape index (κ3) is 9.15. The van der Waals surface area contributed by atoms with E-state index >= 15 is 0 Å². The number of aromatic hydroxyl groups is 1. The van der Waals surface area contributed by atoms with Crippen LogP contribution in [0.15, 0.2) is 42.5 Å². The molecule has 0 bridgehead atoms. The van der Waals surface area contributed by atoms with Crippen molar-refractivity contribution in [3.05, 3.63) is 58.6 Å². The van der Waals surface area contributed by atoms with Gasteiger partial charge < -0.3 is 31.1 Å². The van der Waals surface area contributed by atoms with E-state index < -0.39 is 47.0 Å². The number of nitrogens with two attached hydrogens (primary N) is 1. The number of carbonyl (C=O) groups excluding carboxylic acids is 4. The maximum atomic E-state index is 14.2. The van der Waals surface area contributed by atoms with Crippen LogP contribution in [0.3, 0.4) is 0 Å². The molecule has 0 fully saturated rings. The van der Waals surface area contributed by atoms with Gasteiger partial charge in [0.05, 0.1) is 10.7 Å². The van der Waals surface area contributed by atoms with Gasteiger partial charge in [0.15, 0.2) is 0 Å². The lowest BCUT2D eigenvalue weighted by Gasteiger charge is -2.43. The molecule has 2 rings (SSSR count). The molecule has 2 atom stereocenters. The van der Waals surface area contributed by atoms with E-state index in [0.717, 1.165) is 0 Å². The van der Waals surface area contributed by atoms with Crippen LogP contribution in [0.25, 0.3) is 0 Å². The fraction of sp³-hybridized carbons (Fsp3) is 0.448. The van der Waals surface area contributed by atoms with Crippen molar-refractivity contribution < 1.29 is 29.0 Å². The van der Waals surface area contributed by atoms with Crippen LogP contribution in [0.2, 0.25) is 5.02 Å². The van der Waals surface area contributed by atoms with Crippen molar-refractivity contribution in [2.45, 2.75) is 84.5 Å². The second-order valence-corrected chi connectivity index (χ2v) is 11.9. The van der Waals surface area contributed by atoms with Crippen LogP contribution in [0.5, 0.6) is 5.75 Å². The summed E-state index contributed by atoms with van der Waals surface area (Å²) in [7, 11) is 0. The number of aryl methyl sites for hydroxylation is 1. The van der Waals surface area contributed by atoms with Crippen molar-refractivity contribution in [1.29, 1.82) is 0 Å². The number of ether oxygens (including phenoxy) is 1. The number of rotatable bonds is 9. The Morgan fingerprint density at radius 3 is 2.20 bits per heavy atom. The van der Waals surface area contributed by atoms with Crippen molar-refractivity contribution >= 4 is 41.1 Å². The number of primary amides is 1. The van der Waals surface area contributed by atoms with E-state index in [1.54, 1.807) is 78.8 Å². The maximum Gasteiger partial charge on any atom is 0.408 e. The van der Waals surface area contributed by atoms with Gasteiger partial charge in [0.1, 0.15) is 23.4 Å². The van der Waals surface area contributed by atoms with E-state index in [9.17, 15) is 24.3 Å². The van der Waals surface area contributed by atoms with E-state index in [4.69, 9.17) is 22.1 Å². The van der Waals surface area contributed by atoms with E-state index in [2.05, 4.69) is 10.6 Å². The smallest absolute Gasteiger partial charge is 0.408 e. The van der Waals surface area contributed by atoms with E-state index in [0.29, 0.717) is 21.8 Å². The largest absolute Gasteiger partial charge is 0.508 e. The van der Waals surface area contributed by atoms with Gasteiger partial charge in [-0.3, -0.25) is 14.4 Å². The SMILES string of the molecule is Cc1cccc(Cl)c1NC(=O)C(c1cccc(O)c1)N(C(=O)C(CCC(N)=O)NC(=O)OC(C)(C)C)C(C)(C)C. The first-order valence-electron chi connectivity index (χ1n) is 12.9. The molecule has 0 aliphatic carbocycles. The lowest BCUT2D eigenvalue weighted by molar-refractivity contribution is -0.147. The Bertz CT molecular complexity index is 1230. The van der Waals surface area contributed by atoms with Crippen LogP contribution in [0.1, 0.15) is 71.6 Å². The number of phenols is 1. The first-order valence-corrected chi connectivity index (χ1v) is 13.2. The molecule has 4 amide bonds. The van der Waals surface area contributed by atoms with Crippen LogP contribution in [0.4, 0.5) is 10.5 Å². The zero-order valence-corrected chi connectivity index (χ0v) is 24.8. The van der Waals surface area contributed by atoms with Crippen LogP contribution >= 0.6 is 11.6 Å². The fourth-order valence-corrected chi connectivity index (χ4v) is 4.37. The summed E-state index contributed by atoms with van der Waals surface area (Å²) in [5.41, 5.74) is 4.92. The highest BCUT2D eigenvalue weighted by molar-refractivity contribution is 6.34. The van der Waals surface area contributed by atoms with Crippen molar-refractivity contribution in [2.75, 3.05) is 5.32 Å². The minimum atomic E-state index is -1.27. The molecule has 0 radical (unpaired) electrons. The highest BCUT2D eigenvalue weighted by Gasteiger charge is 2.42. The second kappa shape index (κ2) is 13.0. The summed E-state index contributed by atoms with van der Waals surface area (Å²) in [6.07, 6.45) is -1.20.